The molecule has 1 amide bonds. The molecule has 1 N–H and O–H groups in total. The zero-order chi connectivity index (χ0) is 23.0. The predicted octanol–water partition coefficient (Wildman–Crippen LogP) is 4.13. The van der Waals surface area contributed by atoms with Gasteiger partial charge < -0.3 is 19.6 Å². The first-order chi connectivity index (χ1) is 16.1. The number of hydrogen-bond donors (Lipinski definition) is 1. The van der Waals surface area contributed by atoms with E-state index >= 15 is 0 Å². The van der Waals surface area contributed by atoms with Crippen molar-refractivity contribution in [2.45, 2.75) is 32.4 Å². The highest BCUT2D eigenvalue weighted by atomic mass is 16.5. The second kappa shape index (κ2) is 11.1. The normalized spacial score (nSPS) is 18.1. The molecule has 2 aromatic carbocycles. The SMILES string of the molecule is CN(Cc1ccccc1)C(=O)C[C@@H]1CCNC[C@H]1Cc1cc(CN(C)c2ccccc2)on1. The van der Waals surface area contributed by atoms with Gasteiger partial charge in [0.15, 0.2) is 5.76 Å². The van der Waals surface area contributed by atoms with Gasteiger partial charge in [-0.15, -0.1) is 0 Å². The Hall–Kier alpha value is -3.12. The smallest absolute Gasteiger partial charge is 0.222 e. The zero-order valence-electron chi connectivity index (χ0n) is 19.6. The van der Waals surface area contributed by atoms with Crippen molar-refractivity contribution in [1.82, 2.24) is 15.4 Å². The summed E-state index contributed by atoms with van der Waals surface area (Å²) in [7, 11) is 3.95. The van der Waals surface area contributed by atoms with Crippen LogP contribution in [0.2, 0.25) is 0 Å². The van der Waals surface area contributed by atoms with E-state index in [4.69, 9.17) is 4.52 Å². The van der Waals surface area contributed by atoms with E-state index in [1.807, 2.05) is 48.3 Å². The van der Waals surface area contributed by atoms with Crippen LogP contribution in [0.1, 0.15) is 29.9 Å². The fourth-order valence-electron chi connectivity index (χ4n) is 4.61. The minimum atomic E-state index is 0.209. The minimum absolute atomic E-state index is 0.209. The highest BCUT2D eigenvalue weighted by Gasteiger charge is 2.29. The van der Waals surface area contributed by atoms with E-state index in [1.54, 1.807) is 0 Å². The first-order valence-corrected chi connectivity index (χ1v) is 11.8. The molecule has 3 aromatic rings. The molecule has 174 valence electrons. The van der Waals surface area contributed by atoms with Gasteiger partial charge in [0, 0.05) is 38.8 Å². The Bertz CT molecular complexity index is 1010. The highest BCUT2D eigenvalue weighted by molar-refractivity contribution is 5.76. The lowest BCUT2D eigenvalue weighted by Gasteiger charge is -2.32. The number of piperidine rings is 1. The van der Waals surface area contributed by atoms with Crippen LogP contribution in [0, 0.1) is 11.8 Å². The van der Waals surface area contributed by atoms with Crippen LogP contribution in [-0.2, 0) is 24.3 Å². The molecule has 1 fully saturated rings. The fourth-order valence-corrected chi connectivity index (χ4v) is 4.61. The predicted molar refractivity (Wildman–Crippen MR) is 131 cm³/mol. The Morgan fingerprint density at radius 1 is 1.03 bits per heavy atom. The number of para-hydroxylation sites is 1. The lowest BCUT2D eigenvalue weighted by atomic mass is 9.81. The van der Waals surface area contributed by atoms with Gasteiger partial charge in [0.1, 0.15) is 0 Å². The van der Waals surface area contributed by atoms with Gasteiger partial charge in [-0.05, 0) is 55.5 Å². The summed E-state index contributed by atoms with van der Waals surface area (Å²) < 4.78 is 5.63. The van der Waals surface area contributed by atoms with Gasteiger partial charge in [-0.25, -0.2) is 0 Å². The summed E-state index contributed by atoms with van der Waals surface area (Å²) in [4.78, 5) is 16.9. The Labute approximate surface area is 196 Å². The van der Waals surface area contributed by atoms with Crippen LogP contribution in [0.3, 0.4) is 0 Å². The third-order valence-corrected chi connectivity index (χ3v) is 6.56. The van der Waals surface area contributed by atoms with Crippen LogP contribution in [0.5, 0.6) is 0 Å². The Kier molecular flexibility index (Phi) is 7.79. The molecule has 6 heteroatoms. The van der Waals surface area contributed by atoms with E-state index in [0.29, 0.717) is 31.3 Å². The quantitative estimate of drug-likeness (QED) is 0.536. The van der Waals surface area contributed by atoms with Gasteiger partial charge in [0.05, 0.1) is 12.2 Å². The number of nitrogens with one attached hydrogen (secondary N) is 1. The number of amides is 1. The summed E-state index contributed by atoms with van der Waals surface area (Å²) in [6, 6.07) is 22.5. The number of rotatable bonds is 9. The maximum atomic E-state index is 12.9. The molecule has 0 saturated carbocycles. The van der Waals surface area contributed by atoms with E-state index in [-0.39, 0.29) is 5.91 Å². The molecule has 0 bridgehead atoms. The summed E-state index contributed by atoms with van der Waals surface area (Å²) in [5.41, 5.74) is 3.27. The molecule has 2 atom stereocenters. The van der Waals surface area contributed by atoms with Gasteiger partial charge in [0.25, 0.3) is 0 Å². The Morgan fingerprint density at radius 2 is 1.76 bits per heavy atom. The van der Waals surface area contributed by atoms with Gasteiger partial charge in [0.2, 0.25) is 5.91 Å². The average molecular weight is 447 g/mol. The second-order valence-electron chi connectivity index (χ2n) is 9.13. The molecule has 33 heavy (non-hydrogen) atoms. The lowest BCUT2D eigenvalue weighted by Crippen LogP contribution is -2.40. The third-order valence-electron chi connectivity index (χ3n) is 6.56. The highest BCUT2D eigenvalue weighted by Crippen LogP contribution is 2.27. The summed E-state index contributed by atoms with van der Waals surface area (Å²) in [6.07, 6.45) is 2.42. The molecule has 4 rings (SSSR count). The number of benzene rings is 2. The van der Waals surface area contributed by atoms with Crippen molar-refractivity contribution in [3.63, 3.8) is 0 Å². The molecular formula is C27H34N4O2. The molecule has 1 saturated heterocycles. The maximum absolute atomic E-state index is 12.9. The largest absolute Gasteiger partial charge is 0.367 e. The second-order valence-corrected chi connectivity index (χ2v) is 9.13. The molecule has 1 aromatic heterocycles. The first kappa shape index (κ1) is 23.1. The van der Waals surface area contributed by atoms with Crippen molar-refractivity contribution in [3.8, 4) is 0 Å². The summed E-state index contributed by atoms with van der Waals surface area (Å²) >= 11 is 0. The number of nitrogens with zero attached hydrogens (tertiary/aromatic N) is 3. The van der Waals surface area contributed by atoms with Gasteiger partial charge in [-0.1, -0.05) is 53.7 Å². The van der Waals surface area contributed by atoms with Gasteiger partial charge in [-0.3, -0.25) is 4.79 Å². The first-order valence-electron chi connectivity index (χ1n) is 11.8. The number of anilines is 1. The lowest BCUT2D eigenvalue weighted by molar-refractivity contribution is -0.132. The molecule has 2 heterocycles. The number of aromatic nitrogens is 1. The van der Waals surface area contributed by atoms with Crippen LogP contribution in [0.25, 0.3) is 0 Å². The zero-order valence-corrected chi connectivity index (χ0v) is 19.6. The van der Waals surface area contributed by atoms with Crippen molar-refractivity contribution in [2.24, 2.45) is 11.8 Å². The van der Waals surface area contributed by atoms with Crippen molar-refractivity contribution >= 4 is 11.6 Å². The molecule has 1 aliphatic rings. The molecular weight excluding hydrogens is 412 g/mol. The van der Waals surface area contributed by atoms with Crippen molar-refractivity contribution in [1.29, 1.82) is 0 Å². The number of carbonyl (C=O) groups is 1. The van der Waals surface area contributed by atoms with E-state index in [1.165, 1.54) is 0 Å². The van der Waals surface area contributed by atoms with E-state index in [2.05, 4.69) is 52.8 Å². The topological polar surface area (TPSA) is 61.6 Å². The van der Waals surface area contributed by atoms with E-state index in [9.17, 15) is 4.79 Å². The van der Waals surface area contributed by atoms with Crippen molar-refractivity contribution in [2.75, 3.05) is 32.1 Å². The standard InChI is InChI=1S/C27H34N4O2/c1-30(25-11-7-4-8-12-25)20-26-17-24(29-33-26)15-23-18-28-14-13-22(23)16-27(32)31(2)19-21-9-5-3-6-10-21/h3-12,17,22-23,28H,13-16,18-20H2,1-2H3/t22-,23+/m0/s1. The molecule has 0 unspecified atom stereocenters. The molecule has 0 aliphatic carbocycles. The average Bonchev–Trinajstić information content (AvgIpc) is 3.28. The minimum Gasteiger partial charge on any atom is -0.367 e. The van der Waals surface area contributed by atoms with Crippen LogP contribution in [-0.4, -0.2) is 43.1 Å². The maximum Gasteiger partial charge on any atom is 0.222 e. The Balaban J connectivity index is 1.32. The molecule has 1 aliphatic heterocycles. The van der Waals surface area contributed by atoms with Crippen molar-refractivity contribution in [3.05, 3.63) is 83.7 Å². The van der Waals surface area contributed by atoms with Crippen LogP contribution in [0.15, 0.2) is 71.3 Å². The number of carbonyl (C=O) groups excluding carboxylic acids is 1. The van der Waals surface area contributed by atoms with E-state index < -0.39 is 0 Å². The third kappa shape index (κ3) is 6.45. The molecule has 0 spiro atoms. The van der Waals surface area contributed by atoms with Gasteiger partial charge in [-0.2, -0.15) is 0 Å². The summed E-state index contributed by atoms with van der Waals surface area (Å²) in [5, 5.41) is 7.83. The number of hydrogen-bond acceptors (Lipinski definition) is 5. The monoisotopic (exact) mass is 446 g/mol. The summed E-state index contributed by atoms with van der Waals surface area (Å²) in [5.74, 6) is 1.79. The Morgan fingerprint density at radius 3 is 2.52 bits per heavy atom. The van der Waals surface area contributed by atoms with Crippen LogP contribution >= 0.6 is 0 Å². The van der Waals surface area contributed by atoms with Crippen molar-refractivity contribution < 1.29 is 9.32 Å². The summed E-state index contributed by atoms with van der Waals surface area (Å²) in [6.45, 7) is 3.19. The molecule has 6 nitrogen and oxygen atoms in total. The van der Waals surface area contributed by atoms with Gasteiger partial charge >= 0.3 is 0 Å². The molecule has 0 radical (unpaired) electrons. The van der Waals surface area contributed by atoms with E-state index in [0.717, 1.165) is 48.6 Å². The van der Waals surface area contributed by atoms with Crippen LogP contribution in [0.4, 0.5) is 5.69 Å². The van der Waals surface area contributed by atoms with Crippen LogP contribution < -0.4 is 10.2 Å². The fraction of sp³-hybridized carbons (Fsp3) is 0.407.